The summed E-state index contributed by atoms with van der Waals surface area (Å²) in [7, 11) is 0. The van der Waals surface area contributed by atoms with Crippen LogP contribution in [-0.2, 0) is 11.3 Å². The predicted octanol–water partition coefficient (Wildman–Crippen LogP) is 2.54. The monoisotopic (exact) mass is 232 g/mol. The first-order valence-corrected chi connectivity index (χ1v) is 5.85. The molecule has 0 aliphatic heterocycles. The molecule has 1 N–H and O–H groups in total. The molecule has 4 heteroatoms. The van der Waals surface area contributed by atoms with Crippen molar-refractivity contribution < 1.29 is 9.90 Å². The molecule has 0 fully saturated rings. The van der Waals surface area contributed by atoms with E-state index in [0.29, 0.717) is 19.4 Å². The van der Waals surface area contributed by atoms with Gasteiger partial charge in [0.15, 0.2) is 0 Å². The second-order valence-corrected chi connectivity index (χ2v) is 4.16. The van der Waals surface area contributed by atoms with Gasteiger partial charge in [0.25, 0.3) is 0 Å². The molecule has 0 aliphatic carbocycles. The first-order valence-electron chi connectivity index (χ1n) is 5.85. The van der Waals surface area contributed by atoms with Crippen LogP contribution in [0.25, 0.3) is 11.0 Å². The zero-order valence-corrected chi connectivity index (χ0v) is 9.84. The summed E-state index contributed by atoms with van der Waals surface area (Å²) in [4.78, 5) is 15.2. The van der Waals surface area contributed by atoms with Gasteiger partial charge in [0, 0.05) is 6.54 Å². The third-order valence-corrected chi connectivity index (χ3v) is 3.09. The highest BCUT2D eigenvalue weighted by atomic mass is 16.4. The number of nitrogens with zero attached hydrogens (tertiary/aromatic N) is 2. The van der Waals surface area contributed by atoms with Gasteiger partial charge in [-0.1, -0.05) is 19.1 Å². The number of carboxylic acids is 1. The smallest absolute Gasteiger partial charge is 0.306 e. The number of aryl methyl sites for hydroxylation is 1. The van der Waals surface area contributed by atoms with Crippen molar-refractivity contribution in [2.75, 3.05) is 0 Å². The van der Waals surface area contributed by atoms with Crippen molar-refractivity contribution in [1.29, 1.82) is 0 Å². The number of hydrogen-bond donors (Lipinski definition) is 1. The highest BCUT2D eigenvalue weighted by molar-refractivity contribution is 5.75. The van der Waals surface area contributed by atoms with E-state index in [-0.39, 0.29) is 5.92 Å². The van der Waals surface area contributed by atoms with Gasteiger partial charge in [-0.2, -0.15) is 0 Å². The van der Waals surface area contributed by atoms with Crippen molar-refractivity contribution in [2.45, 2.75) is 26.3 Å². The summed E-state index contributed by atoms with van der Waals surface area (Å²) in [6.07, 6.45) is 3.09. The van der Waals surface area contributed by atoms with Gasteiger partial charge in [-0.3, -0.25) is 4.79 Å². The van der Waals surface area contributed by atoms with Crippen LogP contribution in [0.3, 0.4) is 0 Å². The van der Waals surface area contributed by atoms with Gasteiger partial charge in [-0.25, -0.2) is 4.98 Å². The maximum absolute atomic E-state index is 10.9. The first-order chi connectivity index (χ1) is 8.22. The number of benzene rings is 1. The molecular formula is C13H16N2O2. The minimum atomic E-state index is -0.711. The van der Waals surface area contributed by atoms with Crippen molar-refractivity contribution in [3.63, 3.8) is 0 Å². The van der Waals surface area contributed by atoms with Crippen LogP contribution in [0.15, 0.2) is 30.6 Å². The molecule has 17 heavy (non-hydrogen) atoms. The Morgan fingerprint density at radius 3 is 2.94 bits per heavy atom. The lowest BCUT2D eigenvalue weighted by Gasteiger charge is -2.10. The zero-order chi connectivity index (χ0) is 12.3. The van der Waals surface area contributed by atoms with Crippen LogP contribution in [0.1, 0.15) is 19.8 Å². The number of carbonyl (C=O) groups is 1. The summed E-state index contributed by atoms with van der Waals surface area (Å²) in [5.41, 5.74) is 2.02. The quantitative estimate of drug-likeness (QED) is 0.861. The second kappa shape index (κ2) is 4.99. The number of fused-ring (bicyclic) bond motifs is 1. The minimum Gasteiger partial charge on any atom is -0.481 e. The van der Waals surface area contributed by atoms with Crippen LogP contribution in [0.5, 0.6) is 0 Å². The van der Waals surface area contributed by atoms with E-state index in [2.05, 4.69) is 4.98 Å². The standard InChI is InChI=1S/C13H16N2O2/c1-2-10(13(16)17)7-8-15-9-14-11-5-3-4-6-12(11)15/h3-6,9-10H,2,7-8H2,1H3,(H,16,17). The first kappa shape index (κ1) is 11.6. The summed E-state index contributed by atoms with van der Waals surface area (Å²) in [5, 5.41) is 8.99. The number of para-hydroxylation sites is 2. The van der Waals surface area contributed by atoms with Crippen molar-refractivity contribution in [1.82, 2.24) is 9.55 Å². The van der Waals surface area contributed by atoms with Crippen LogP contribution in [0.4, 0.5) is 0 Å². The van der Waals surface area contributed by atoms with Gasteiger partial charge in [-0.05, 0) is 25.0 Å². The molecule has 1 atom stereocenters. The Hall–Kier alpha value is -1.84. The van der Waals surface area contributed by atoms with Gasteiger partial charge in [0.05, 0.1) is 23.3 Å². The van der Waals surface area contributed by atoms with E-state index in [1.807, 2.05) is 35.8 Å². The molecule has 0 spiro atoms. The van der Waals surface area contributed by atoms with Gasteiger partial charge < -0.3 is 9.67 Å². The molecule has 90 valence electrons. The second-order valence-electron chi connectivity index (χ2n) is 4.16. The number of carboxylic acid groups (broad SMARTS) is 1. The molecule has 2 aromatic rings. The van der Waals surface area contributed by atoms with E-state index in [4.69, 9.17) is 5.11 Å². The zero-order valence-electron chi connectivity index (χ0n) is 9.84. The third kappa shape index (κ3) is 2.46. The maximum atomic E-state index is 10.9. The van der Waals surface area contributed by atoms with Gasteiger partial charge in [0.2, 0.25) is 0 Å². The molecule has 1 unspecified atom stereocenters. The van der Waals surface area contributed by atoms with E-state index in [0.717, 1.165) is 11.0 Å². The number of hydrogen-bond acceptors (Lipinski definition) is 2. The minimum absolute atomic E-state index is 0.267. The molecule has 0 radical (unpaired) electrons. The van der Waals surface area contributed by atoms with E-state index in [1.165, 1.54) is 0 Å². The molecule has 2 rings (SSSR count). The molecule has 0 bridgehead atoms. The fourth-order valence-electron chi connectivity index (χ4n) is 1.99. The lowest BCUT2D eigenvalue weighted by atomic mass is 10.0. The molecular weight excluding hydrogens is 216 g/mol. The molecule has 0 aliphatic rings. The fourth-order valence-corrected chi connectivity index (χ4v) is 1.99. The summed E-state index contributed by atoms with van der Waals surface area (Å²) >= 11 is 0. The summed E-state index contributed by atoms with van der Waals surface area (Å²) in [6.45, 7) is 2.61. The highest BCUT2D eigenvalue weighted by Crippen LogP contribution is 2.15. The van der Waals surface area contributed by atoms with Crippen LogP contribution in [0.2, 0.25) is 0 Å². The van der Waals surface area contributed by atoms with Crippen molar-refractivity contribution in [3.05, 3.63) is 30.6 Å². The van der Waals surface area contributed by atoms with Gasteiger partial charge in [-0.15, -0.1) is 0 Å². The molecule has 0 saturated heterocycles. The Labute approximate surface area is 99.9 Å². The number of imidazole rings is 1. The van der Waals surface area contributed by atoms with Crippen molar-refractivity contribution in [3.8, 4) is 0 Å². The Morgan fingerprint density at radius 1 is 1.47 bits per heavy atom. The molecule has 1 heterocycles. The number of aromatic nitrogens is 2. The van der Waals surface area contributed by atoms with Crippen LogP contribution >= 0.6 is 0 Å². The van der Waals surface area contributed by atoms with E-state index < -0.39 is 5.97 Å². The number of aliphatic carboxylic acids is 1. The molecule has 0 saturated carbocycles. The summed E-state index contributed by atoms with van der Waals surface area (Å²) in [6, 6.07) is 7.88. The van der Waals surface area contributed by atoms with Crippen LogP contribution in [-0.4, -0.2) is 20.6 Å². The maximum Gasteiger partial charge on any atom is 0.306 e. The average molecular weight is 232 g/mol. The molecule has 1 aromatic heterocycles. The molecule has 4 nitrogen and oxygen atoms in total. The summed E-state index contributed by atoms with van der Waals surface area (Å²) < 4.78 is 2.01. The Bertz CT molecular complexity index is 519. The largest absolute Gasteiger partial charge is 0.481 e. The highest BCUT2D eigenvalue weighted by Gasteiger charge is 2.15. The van der Waals surface area contributed by atoms with Crippen LogP contribution in [0, 0.1) is 5.92 Å². The SMILES string of the molecule is CCC(CCn1cnc2ccccc21)C(=O)O. The van der Waals surface area contributed by atoms with E-state index in [1.54, 1.807) is 6.33 Å². The van der Waals surface area contributed by atoms with Gasteiger partial charge in [0.1, 0.15) is 0 Å². The van der Waals surface area contributed by atoms with Crippen molar-refractivity contribution >= 4 is 17.0 Å². The van der Waals surface area contributed by atoms with Crippen LogP contribution < -0.4 is 0 Å². The topological polar surface area (TPSA) is 55.1 Å². The lowest BCUT2D eigenvalue weighted by molar-refractivity contribution is -0.142. The Balaban J connectivity index is 2.11. The Morgan fingerprint density at radius 2 is 2.24 bits per heavy atom. The Kier molecular flexibility index (Phi) is 3.42. The van der Waals surface area contributed by atoms with Crippen molar-refractivity contribution in [2.24, 2.45) is 5.92 Å². The van der Waals surface area contributed by atoms with E-state index >= 15 is 0 Å². The molecule has 1 aromatic carbocycles. The third-order valence-electron chi connectivity index (χ3n) is 3.09. The average Bonchev–Trinajstić information content (AvgIpc) is 2.73. The predicted molar refractivity (Wildman–Crippen MR) is 65.8 cm³/mol. The summed E-state index contributed by atoms with van der Waals surface area (Å²) in [5.74, 6) is -0.979. The molecule has 0 amide bonds. The number of rotatable bonds is 5. The van der Waals surface area contributed by atoms with E-state index in [9.17, 15) is 4.79 Å². The normalized spacial score (nSPS) is 12.8. The van der Waals surface area contributed by atoms with Gasteiger partial charge >= 0.3 is 5.97 Å². The fraction of sp³-hybridized carbons (Fsp3) is 0.385. The lowest BCUT2D eigenvalue weighted by Crippen LogP contribution is -2.15.